The molecule has 0 saturated heterocycles. The molecule has 0 radical (unpaired) electrons. The van der Waals surface area contributed by atoms with Crippen molar-refractivity contribution in [2.45, 2.75) is 91.0 Å². The fraction of sp³-hybridized carbons (Fsp3) is 0.636. The lowest BCUT2D eigenvalue weighted by molar-refractivity contribution is 0.207. The number of hydrogen-bond acceptors (Lipinski definition) is 1. The average molecular weight is 347 g/mol. The van der Waals surface area contributed by atoms with E-state index >= 15 is 0 Å². The van der Waals surface area contributed by atoms with Crippen LogP contribution in [0, 0.1) is 0 Å². The Morgan fingerprint density at radius 3 is 2.12 bits per heavy atom. The predicted molar refractivity (Wildman–Crippen MR) is 111 cm³/mol. The maximum atomic E-state index is 6.87. The topological polar surface area (TPSA) is 9.23 Å². The molecule has 0 spiro atoms. The van der Waals surface area contributed by atoms with E-state index in [2.05, 4.69) is 71.0 Å². The molecule has 24 heavy (non-hydrogen) atoms. The van der Waals surface area contributed by atoms with E-state index < -0.39 is 8.32 Å². The van der Waals surface area contributed by atoms with Crippen LogP contribution in [0.2, 0.25) is 18.1 Å². The maximum absolute atomic E-state index is 6.87. The summed E-state index contributed by atoms with van der Waals surface area (Å²) >= 11 is 0. The summed E-state index contributed by atoms with van der Waals surface area (Å²) in [5, 5.41) is 0. The van der Waals surface area contributed by atoms with Crippen molar-refractivity contribution in [2.75, 3.05) is 0 Å². The fourth-order valence-corrected chi connectivity index (χ4v) is 6.25. The van der Waals surface area contributed by atoms with Gasteiger partial charge in [-0.3, -0.25) is 0 Å². The summed E-state index contributed by atoms with van der Waals surface area (Å²) in [6.45, 7) is 11.5. The standard InChI is InChI=1S/C22H38OSi/c1-6-10-11-15-18-22(23-24(7-2,8-3)9-4)20(5)19-21-16-13-12-14-17-21/h12-14,16-17,19,22H,6-11,15,18H2,1-5H3/b20-19+/t22-/m0/s1. The smallest absolute Gasteiger partial charge is 0.192 e. The van der Waals surface area contributed by atoms with Gasteiger partial charge in [-0.05, 0) is 42.6 Å². The Kier molecular flexibility index (Phi) is 10.3. The molecule has 0 aliphatic heterocycles. The molecule has 0 bridgehead atoms. The molecule has 1 aromatic rings. The number of hydrogen-bond donors (Lipinski definition) is 0. The molecule has 1 aromatic carbocycles. The minimum Gasteiger partial charge on any atom is -0.410 e. The highest BCUT2D eigenvalue weighted by atomic mass is 28.4. The molecule has 0 unspecified atom stereocenters. The Balaban J connectivity index is 2.88. The Bertz CT molecular complexity index is 454. The van der Waals surface area contributed by atoms with Crippen molar-refractivity contribution in [2.24, 2.45) is 0 Å². The van der Waals surface area contributed by atoms with E-state index in [9.17, 15) is 0 Å². The van der Waals surface area contributed by atoms with Gasteiger partial charge in [0, 0.05) is 0 Å². The van der Waals surface area contributed by atoms with E-state index in [1.54, 1.807) is 0 Å². The highest BCUT2D eigenvalue weighted by Crippen LogP contribution is 2.28. The highest BCUT2D eigenvalue weighted by Gasteiger charge is 2.32. The van der Waals surface area contributed by atoms with Gasteiger partial charge < -0.3 is 4.43 Å². The van der Waals surface area contributed by atoms with Crippen LogP contribution in [-0.4, -0.2) is 14.4 Å². The fourth-order valence-electron chi connectivity index (χ4n) is 3.34. The first-order valence-corrected chi connectivity index (χ1v) is 12.5. The van der Waals surface area contributed by atoms with Crippen LogP contribution in [0.3, 0.4) is 0 Å². The lowest BCUT2D eigenvalue weighted by Crippen LogP contribution is -2.40. The van der Waals surface area contributed by atoms with Crippen LogP contribution < -0.4 is 0 Å². The molecule has 0 aromatic heterocycles. The molecule has 2 heteroatoms. The van der Waals surface area contributed by atoms with Gasteiger partial charge >= 0.3 is 0 Å². The van der Waals surface area contributed by atoms with Crippen LogP contribution >= 0.6 is 0 Å². The predicted octanol–water partition coefficient (Wildman–Crippen LogP) is 7.45. The van der Waals surface area contributed by atoms with E-state index in [1.807, 2.05) is 0 Å². The summed E-state index contributed by atoms with van der Waals surface area (Å²) in [5.41, 5.74) is 2.68. The molecule has 0 saturated carbocycles. The molecule has 1 rings (SSSR count). The van der Waals surface area contributed by atoms with Crippen molar-refractivity contribution in [3.63, 3.8) is 0 Å². The summed E-state index contributed by atoms with van der Waals surface area (Å²) in [6, 6.07) is 14.3. The molecule has 1 atom stereocenters. The molecular weight excluding hydrogens is 308 g/mol. The zero-order valence-electron chi connectivity index (χ0n) is 16.6. The monoisotopic (exact) mass is 346 g/mol. The van der Waals surface area contributed by atoms with Gasteiger partial charge in [0.05, 0.1) is 6.10 Å². The number of rotatable bonds is 12. The first-order valence-electron chi connectivity index (χ1n) is 10.0. The second-order valence-electron chi connectivity index (χ2n) is 7.00. The molecule has 0 heterocycles. The highest BCUT2D eigenvalue weighted by molar-refractivity contribution is 6.73. The van der Waals surface area contributed by atoms with E-state index in [1.165, 1.54) is 61.4 Å². The first kappa shape index (κ1) is 21.2. The first-order chi connectivity index (χ1) is 11.6. The molecule has 136 valence electrons. The van der Waals surface area contributed by atoms with Gasteiger partial charge in [0.2, 0.25) is 0 Å². The molecular formula is C22H38OSi. The van der Waals surface area contributed by atoms with Crippen LogP contribution in [-0.2, 0) is 4.43 Å². The van der Waals surface area contributed by atoms with Gasteiger partial charge in [0.15, 0.2) is 8.32 Å². The van der Waals surface area contributed by atoms with Crippen LogP contribution in [0.1, 0.15) is 72.3 Å². The second-order valence-corrected chi connectivity index (χ2v) is 11.7. The van der Waals surface area contributed by atoms with E-state index in [4.69, 9.17) is 4.43 Å². The molecule has 0 N–H and O–H groups in total. The normalized spacial score (nSPS) is 14.0. The summed E-state index contributed by atoms with van der Waals surface area (Å²) in [4.78, 5) is 0. The van der Waals surface area contributed by atoms with Crippen molar-refractivity contribution in [3.8, 4) is 0 Å². The third-order valence-electron chi connectivity index (χ3n) is 5.35. The summed E-state index contributed by atoms with van der Waals surface area (Å²) in [6.07, 6.45) is 9.03. The van der Waals surface area contributed by atoms with Gasteiger partial charge in [-0.25, -0.2) is 0 Å². The third-order valence-corrected chi connectivity index (χ3v) is 10.00. The lowest BCUT2D eigenvalue weighted by Gasteiger charge is -2.34. The molecule has 0 fully saturated rings. The van der Waals surface area contributed by atoms with E-state index in [-0.39, 0.29) is 0 Å². The van der Waals surface area contributed by atoms with Crippen LogP contribution in [0.5, 0.6) is 0 Å². The Morgan fingerprint density at radius 2 is 1.58 bits per heavy atom. The van der Waals surface area contributed by atoms with Crippen molar-refractivity contribution in [1.82, 2.24) is 0 Å². The molecule has 0 aliphatic carbocycles. The van der Waals surface area contributed by atoms with E-state index in [0.29, 0.717) is 6.10 Å². The van der Waals surface area contributed by atoms with Crippen LogP contribution in [0.4, 0.5) is 0 Å². The zero-order valence-corrected chi connectivity index (χ0v) is 17.6. The molecule has 0 aliphatic rings. The largest absolute Gasteiger partial charge is 0.410 e. The number of unbranched alkanes of at least 4 members (excludes halogenated alkanes) is 3. The Morgan fingerprint density at radius 1 is 0.958 bits per heavy atom. The minimum absolute atomic E-state index is 0.300. The Hall–Kier alpha value is -0.863. The van der Waals surface area contributed by atoms with Crippen molar-refractivity contribution in [1.29, 1.82) is 0 Å². The average Bonchev–Trinajstić information content (AvgIpc) is 2.62. The van der Waals surface area contributed by atoms with E-state index in [0.717, 1.165) is 0 Å². The molecule has 0 amide bonds. The third kappa shape index (κ3) is 6.94. The van der Waals surface area contributed by atoms with Gasteiger partial charge in [-0.15, -0.1) is 0 Å². The van der Waals surface area contributed by atoms with Crippen molar-refractivity contribution in [3.05, 3.63) is 41.5 Å². The van der Waals surface area contributed by atoms with Gasteiger partial charge in [-0.2, -0.15) is 0 Å². The van der Waals surface area contributed by atoms with Gasteiger partial charge in [0.1, 0.15) is 0 Å². The number of benzene rings is 1. The minimum atomic E-state index is -1.57. The van der Waals surface area contributed by atoms with Crippen molar-refractivity contribution < 1.29 is 4.43 Å². The van der Waals surface area contributed by atoms with Gasteiger partial charge in [-0.1, -0.05) is 89.8 Å². The maximum Gasteiger partial charge on any atom is 0.192 e. The lowest BCUT2D eigenvalue weighted by atomic mass is 10.0. The molecule has 1 nitrogen and oxygen atoms in total. The quantitative estimate of drug-likeness (QED) is 0.282. The summed E-state index contributed by atoms with van der Waals surface area (Å²) in [7, 11) is -1.57. The zero-order chi connectivity index (χ0) is 17.8. The summed E-state index contributed by atoms with van der Waals surface area (Å²) in [5.74, 6) is 0. The van der Waals surface area contributed by atoms with Crippen LogP contribution in [0.25, 0.3) is 6.08 Å². The van der Waals surface area contributed by atoms with Gasteiger partial charge in [0.25, 0.3) is 0 Å². The van der Waals surface area contributed by atoms with Crippen molar-refractivity contribution >= 4 is 14.4 Å². The SMILES string of the molecule is CCCCCC[C@H](O[Si](CC)(CC)CC)/C(C)=C/c1ccccc1. The summed E-state index contributed by atoms with van der Waals surface area (Å²) < 4.78 is 6.87. The Labute approximate surface area is 151 Å². The second kappa shape index (κ2) is 11.6. The van der Waals surface area contributed by atoms with Crippen LogP contribution in [0.15, 0.2) is 35.9 Å².